The molecule has 0 aromatic heterocycles. The third-order valence-corrected chi connectivity index (χ3v) is 6.55. The number of hydrogen-bond donors (Lipinski definition) is 1. The maximum absolute atomic E-state index is 11.4. The molecule has 0 aromatic carbocycles. The first-order chi connectivity index (χ1) is 7.18. The van der Waals surface area contributed by atoms with Crippen molar-refractivity contribution in [2.75, 3.05) is 23.2 Å². The molecule has 0 atom stereocenters. The molecule has 16 heavy (non-hydrogen) atoms. The van der Waals surface area contributed by atoms with Gasteiger partial charge in [0.05, 0.1) is 0 Å². The SMILES string of the molecule is CS(=O)(=O)CS(=O)(=O)NCC1(CCBr)CC1. The summed E-state index contributed by atoms with van der Waals surface area (Å²) < 4.78 is 47.0. The Labute approximate surface area is 105 Å². The van der Waals surface area contributed by atoms with E-state index in [0.29, 0.717) is 6.54 Å². The summed E-state index contributed by atoms with van der Waals surface area (Å²) in [5.74, 6) is 0. The average Bonchev–Trinajstić information content (AvgIpc) is 2.79. The van der Waals surface area contributed by atoms with E-state index in [4.69, 9.17) is 0 Å². The first kappa shape index (κ1) is 14.4. The lowest BCUT2D eigenvalue weighted by Crippen LogP contribution is -2.34. The minimum absolute atomic E-state index is 0.0497. The van der Waals surface area contributed by atoms with Crippen molar-refractivity contribution >= 4 is 35.8 Å². The highest BCUT2D eigenvalue weighted by Crippen LogP contribution is 2.48. The van der Waals surface area contributed by atoms with E-state index in [1.54, 1.807) is 0 Å². The van der Waals surface area contributed by atoms with Gasteiger partial charge >= 0.3 is 0 Å². The van der Waals surface area contributed by atoms with Crippen LogP contribution in [0.3, 0.4) is 0 Å². The van der Waals surface area contributed by atoms with Gasteiger partial charge in [0.15, 0.2) is 14.9 Å². The molecule has 0 aromatic rings. The monoisotopic (exact) mass is 333 g/mol. The van der Waals surface area contributed by atoms with Gasteiger partial charge < -0.3 is 0 Å². The maximum atomic E-state index is 11.4. The molecule has 0 aliphatic heterocycles. The van der Waals surface area contributed by atoms with E-state index in [2.05, 4.69) is 20.7 Å². The second kappa shape index (κ2) is 4.91. The highest BCUT2D eigenvalue weighted by Gasteiger charge is 2.42. The van der Waals surface area contributed by atoms with Gasteiger partial charge in [-0.3, -0.25) is 0 Å². The molecule has 0 saturated heterocycles. The average molecular weight is 334 g/mol. The standard InChI is InChI=1S/C8H16BrNO4S2/c1-15(11,12)7-16(13,14)10-6-8(2-3-8)4-5-9/h10H,2-7H2,1H3. The third kappa shape index (κ3) is 5.11. The van der Waals surface area contributed by atoms with Gasteiger partial charge in [0.25, 0.3) is 0 Å². The highest BCUT2D eigenvalue weighted by atomic mass is 79.9. The molecule has 0 spiro atoms. The van der Waals surface area contributed by atoms with Crippen molar-refractivity contribution in [2.24, 2.45) is 5.41 Å². The lowest BCUT2D eigenvalue weighted by Gasteiger charge is -2.14. The minimum Gasteiger partial charge on any atom is -0.228 e. The Bertz CT molecular complexity index is 439. The quantitative estimate of drug-likeness (QED) is 0.687. The minimum atomic E-state index is -3.70. The Hall–Kier alpha value is 0.340. The molecule has 0 radical (unpaired) electrons. The molecule has 1 rings (SSSR count). The molecule has 1 aliphatic carbocycles. The third-order valence-electron chi connectivity index (χ3n) is 2.62. The van der Waals surface area contributed by atoms with Gasteiger partial charge in [-0.2, -0.15) is 0 Å². The summed E-state index contributed by atoms with van der Waals surface area (Å²) in [6.07, 6.45) is 3.83. The Morgan fingerprint density at radius 3 is 2.19 bits per heavy atom. The van der Waals surface area contributed by atoms with Gasteiger partial charge in [-0.15, -0.1) is 0 Å². The zero-order valence-corrected chi connectivity index (χ0v) is 12.3. The topological polar surface area (TPSA) is 80.3 Å². The summed E-state index contributed by atoms with van der Waals surface area (Å²) in [6.45, 7) is 0.344. The van der Waals surface area contributed by atoms with E-state index in [-0.39, 0.29) is 5.41 Å². The van der Waals surface area contributed by atoms with Crippen molar-refractivity contribution in [3.63, 3.8) is 0 Å². The Morgan fingerprint density at radius 1 is 1.25 bits per heavy atom. The number of hydrogen-bond acceptors (Lipinski definition) is 4. The fourth-order valence-electron chi connectivity index (χ4n) is 1.48. The summed E-state index contributed by atoms with van der Waals surface area (Å²) >= 11 is 3.32. The van der Waals surface area contributed by atoms with Crippen LogP contribution in [0.2, 0.25) is 0 Å². The van der Waals surface area contributed by atoms with Crippen LogP contribution < -0.4 is 4.72 Å². The Balaban J connectivity index is 2.49. The van der Waals surface area contributed by atoms with Gasteiger partial charge in [-0.1, -0.05) is 15.9 Å². The van der Waals surface area contributed by atoms with E-state index in [1.165, 1.54) is 0 Å². The van der Waals surface area contributed by atoms with E-state index in [0.717, 1.165) is 30.8 Å². The lowest BCUT2D eigenvalue weighted by molar-refractivity contribution is 0.481. The zero-order chi connectivity index (χ0) is 12.4. The molecule has 5 nitrogen and oxygen atoms in total. The fraction of sp³-hybridized carbons (Fsp3) is 1.00. The first-order valence-electron chi connectivity index (χ1n) is 4.89. The molecular formula is C8H16BrNO4S2. The van der Waals surface area contributed by atoms with E-state index in [9.17, 15) is 16.8 Å². The lowest BCUT2D eigenvalue weighted by atomic mass is 10.1. The van der Waals surface area contributed by atoms with Crippen LogP contribution in [0.15, 0.2) is 0 Å². The molecule has 96 valence electrons. The van der Waals surface area contributed by atoms with Gasteiger partial charge in [0.2, 0.25) is 10.0 Å². The summed E-state index contributed by atoms with van der Waals surface area (Å²) in [4.78, 5) is 0. The van der Waals surface area contributed by atoms with Crippen molar-refractivity contribution in [3.8, 4) is 0 Å². The molecule has 1 fully saturated rings. The second-order valence-electron chi connectivity index (χ2n) is 4.42. The largest absolute Gasteiger partial charge is 0.228 e. The van der Waals surface area contributed by atoms with Gasteiger partial charge in [-0.05, 0) is 24.7 Å². The van der Waals surface area contributed by atoms with E-state index < -0.39 is 24.9 Å². The van der Waals surface area contributed by atoms with Gasteiger partial charge in [-0.25, -0.2) is 21.6 Å². The van der Waals surface area contributed by atoms with Crippen LogP contribution in [0.5, 0.6) is 0 Å². The number of sulfone groups is 1. The summed E-state index contributed by atoms with van der Waals surface area (Å²) in [6, 6.07) is 0. The van der Waals surface area contributed by atoms with Crippen molar-refractivity contribution in [1.29, 1.82) is 0 Å². The summed E-state index contributed by atoms with van der Waals surface area (Å²) in [5.41, 5.74) is 0.0497. The first-order valence-corrected chi connectivity index (χ1v) is 9.73. The van der Waals surface area contributed by atoms with E-state index >= 15 is 0 Å². The van der Waals surface area contributed by atoms with Crippen LogP contribution in [0.4, 0.5) is 0 Å². The molecule has 8 heteroatoms. The smallest absolute Gasteiger partial charge is 0.226 e. The molecule has 1 saturated carbocycles. The molecule has 0 bridgehead atoms. The highest BCUT2D eigenvalue weighted by molar-refractivity contribution is 9.09. The number of halogens is 1. The summed E-state index contributed by atoms with van der Waals surface area (Å²) in [5, 5.41) is 0.00516. The van der Waals surface area contributed by atoms with Crippen LogP contribution in [0.25, 0.3) is 0 Å². The van der Waals surface area contributed by atoms with Crippen LogP contribution in [-0.4, -0.2) is 40.1 Å². The molecule has 1 N–H and O–H groups in total. The number of rotatable bonds is 7. The molecule has 0 amide bonds. The van der Waals surface area contributed by atoms with Crippen LogP contribution in [-0.2, 0) is 19.9 Å². The van der Waals surface area contributed by atoms with Gasteiger partial charge in [0.1, 0.15) is 0 Å². The number of sulfonamides is 1. The van der Waals surface area contributed by atoms with Crippen molar-refractivity contribution in [1.82, 2.24) is 4.72 Å². The predicted octanol–water partition coefficient (Wildman–Crippen LogP) is 0.473. The second-order valence-corrected chi connectivity index (χ2v) is 9.52. The van der Waals surface area contributed by atoms with Crippen molar-refractivity contribution in [3.05, 3.63) is 0 Å². The maximum Gasteiger partial charge on any atom is 0.226 e. The summed E-state index contributed by atoms with van der Waals surface area (Å²) in [7, 11) is -7.21. The molecular weight excluding hydrogens is 318 g/mol. The zero-order valence-electron chi connectivity index (χ0n) is 9.07. The van der Waals surface area contributed by atoms with E-state index in [1.807, 2.05) is 0 Å². The molecule has 0 unspecified atom stereocenters. The fourth-order valence-corrected chi connectivity index (χ4v) is 5.43. The van der Waals surface area contributed by atoms with Crippen LogP contribution in [0.1, 0.15) is 19.3 Å². The molecule has 1 aliphatic rings. The molecule has 0 heterocycles. The number of nitrogens with one attached hydrogen (secondary N) is 1. The predicted molar refractivity (Wildman–Crippen MR) is 66.7 cm³/mol. The van der Waals surface area contributed by atoms with Crippen molar-refractivity contribution < 1.29 is 16.8 Å². The van der Waals surface area contributed by atoms with Gasteiger partial charge in [0, 0.05) is 18.1 Å². The van der Waals surface area contributed by atoms with Crippen LogP contribution in [0, 0.1) is 5.41 Å². The normalized spacial score (nSPS) is 19.6. The number of alkyl halides is 1. The Morgan fingerprint density at radius 2 is 1.81 bits per heavy atom. The Kier molecular flexibility index (Phi) is 4.42. The van der Waals surface area contributed by atoms with Crippen molar-refractivity contribution in [2.45, 2.75) is 19.3 Å². The van der Waals surface area contributed by atoms with Crippen LogP contribution >= 0.6 is 15.9 Å².